The summed E-state index contributed by atoms with van der Waals surface area (Å²) in [6, 6.07) is 1.52. The van der Waals surface area contributed by atoms with Gasteiger partial charge >= 0.3 is 0 Å². The van der Waals surface area contributed by atoms with Crippen molar-refractivity contribution in [1.29, 1.82) is 0 Å². The van der Waals surface area contributed by atoms with E-state index >= 15 is 0 Å². The van der Waals surface area contributed by atoms with Gasteiger partial charge < -0.3 is 4.74 Å². The standard InChI is InChI=1S/C19H34N2O/c1-16(20-14-19(15-20)10-5-13-22-19)6-7-17(2)21-12-11-18(21)8-3-4-9-18/h16-17H,3-15H2,1-2H3. The summed E-state index contributed by atoms with van der Waals surface area (Å²) in [5, 5.41) is 0. The summed E-state index contributed by atoms with van der Waals surface area (Å²) in [5.41, 5.74) is 0.909. The maximum Gasteiger partial charge on any atom is 0.0935 e. The van der Waals surface area contributed by atoms with Crippen LogP contribution in [0.4, 0.5) is 0 Å². The Kier molecular flexibility index (Phi) is 4.03. The van der Waals surface area contributed by atoms with E-state index in [1.807, 2.05) is 0 Å². The van der Waals surface area contributed by atoms with Crippen LogP contribution in [0, 0.1) is 0 Å². The minimum absolute atomic E-state index is 0.269. The Morgan fingerprint density at radius 3 is 2.23 bits per heavy atom. The van der Waals surface area contributed by atoms with Gasteiger partial charge in [-0.1, -0.05) is 12.8 Å². The first-order valence-corrected chi connectivity index (χ1v) is 9.77. The van der Waals surface area contributed by atoms with Gasteiger partial charge in [0, 0.05) is 43.9 Å². The van der Waals surface area contributed by atoms with E-state index < -0.39 is 0 Å². The van der Waals surface area contributed by atoms with E-state index in [1.165, 1.54) is 77.4 Å². The molecule has 0 N–H and O–H groups in total. The van der Waals surface area contributed by atoms with Crippen molar-refractivity contribution < 1.29 is 4.74 Å². The summed E-state index contributed by atoms with van der Waals surface area (Å²) in [6.45, 7) is 9.64. The van der Waals surface area contributed by atoms with Gasteiger partial charge in [-0.15, -0.1) is 0 Å². The number of ether oxygens (including phenoxy) is 1. The lowest BCUT2D eigenvalue weighted by atomic mass is 9.80. The fraction of sp³-hybridized carbons (Fsp3) is 1.00. The van der Waals surface area contributed by atoms with Crippen LogP contribution >= 0.6 is 0 Å². The molecule has 2 unspecified atom stereocenters. The van der Waals surface area contributed by atoms with Crippen LogP contribution in [0.5, 0.6) is 0 Å². The summed E-state index contributed by atoms with van der Waals surface area (Å²) in [6.07, 6.45) is 12.6. The fourth-order valence-corrected chi connectivity index (χ4v) is 5.65. The number of likely N-dealkylation sites (tertiary alicyclic amines) is 2. The molecule has 4 fully saturated rings. The summed E-state index contributed by atoms with van der Waals surface area (Å²) < 4.78 is 5.96. The van der Waals surface area contributed by atoms with E-state index in [1.54, 1.807) is 0 Å². The molecule has 0 radical (unpaired) electrons. The Morgan fingerprint density at radius 2 is 1.64 bits per heavy atom. The fourth-order valence-electron chi connectivity index (χ4n) is 5.65. The molecule has 0 aromatic carbocycles. The van der Waals surface area contributed by atoms with Crippen LogP contribution in [-0.2, 0) is 4.74 Å². The molecule has 0 bridgehead atoms. The van der Waals surface area contributed by atoms with Gasteiger partial charge in [-0.25, -0.2) is 0 Å². The van der Waals surface area contributed by atoms with Crippen molar-refractivity contribution in [3.63, 3.8) is 0 Å². The molecule has 2 atom stereocenters. The zero-order valence-corrected chi connectivity index (χ0v) is 14.6. The Balaban J connectivity index is 1.21. The molecule has 1 aliphatic carbocycles. The van der Waals surface area contributed by atoms with Crippen molar-refractivity contribution in [3.8, 4) is 0 Å². The third-order valence-electron chi connectivity index (χ3n) is 7.29. The summed E-state index contributed by atoms with van der Waals surface area (Å²) >= 11 is 0. The van der Waals surface area contributed by atoms with Crippen molar-refractivity contribution >= 4 is 0 Å². The van der Waals surface area contributed by atoms with Crippen LogP contribution in [0.15, 0.2) is 0 Å². The molecule has 1 saturated carbocycles. The first kappa shape index (κ1) is 15.4. The van der Waals surface area contributed by atoms with Gasteiger partial charge in [-0.05, 0) is 58.8 Å². The van der Waals surface area contributed by atoms with E-state index in [4.69, 9.17) is 4.74 Å². The predicted molar refractivity (Wildman–Crippen MR) is 90.2 cm³/mol. The van der Waals surface area contributed by atoms with Gasteiger partial charge in [0.1, 0.15) is 0 Å². The number of hydrogen-bond acceptors (Lipinski definition) is 3. The van der Waals surface area contributed by atoms with E-state index in [-0.39, 0.29) is 5.60 Å². The van der Waals surface area contributed by atoms with Gasteiger partial charge in [0.15, 0.2) is 0 Å². The second-order valence-electron chi connectivity index (χ2n) is 8.69. The lowest BCUT2D eigenvalue weighted by molar-refractivity contribution is -0.126. The highest BCUT2D eigenvalue weighted by Crippen LogP contribution is 2.46. The molecule has 3 heteroatoms. The van der Waals surface area contributed by atoms with Crippen LogP contribution < -0.4 is 0 Å². The number of hydrogen-bond donors (Lipinski definition) is 0. The van der Waals surface area contributed by atoms with Crippen LogP contribution in [0.1, 0.15) is 71.6 Å². The topological polar surface area (TPSA) is 15.7 Å². The zero-order chi connectivity index (χ0) is 15.2. The van der Waals surface area contributed by atoms with Crippen LogP contribution in [-0.4, -0.2) is 59.3 Å². The van der Waals surface area contributed by atoms with E-state index in [0.717, 1.165) is 18.7 Å². The Bertz CT molecular complexity index is 390. The average molecular weight is 306 g/mol. The molecule has 2 spiro atoms. The number of rotatable bonds is 5. The van der Waals surface area contributed by atoms with Gasteiger partial charge in [-0.2, -0.15) is 0 Å². The average Bonchev–Trinajstić information content (AvgIpc) is 3.11. The predicted octanol–water partition coefficient (Wildman–Crippen LogP) is 3.43. The first-order chi connectivity index (χ1) is 10.6. The molecule has 3 heterocycles. The molecule has 22 heavy (non-hydrogen) atoms. The van der Waals surface area contributed by atoms with E-state index in [9.17, 15) is 0 Å². The smallest absolute Gasteiger partial charge is 0.0935 e. The van der Waals surface area contributed by atoms with Crippen molar-refractivity contribution in [2.75, 3.05) is 26.2 Å². The van der Waals surface area contributed by atoms with Crippen molar-refractivity contribution in [1.82, 2.24) is 9.80 Å². The molecule has 3 nitrogen and oxygen atoms in total. The van der Waals surface area contributed by atoms with Gasteiger partial charge in [0.25, 0.3) is 0 Å². The summed E-state index contributed by atoms with van der Waals surface area (Å²) in [7, 11) is 0. The minimum Gasteiger partial charge on any atom is -0.372 e. The quantitative estimate of drug-likeness (QED) is 0.774. The molecule has 126 valence electrons. The maximum absolute atomic E-state index is 5.96. The molecule has 3 aliphatic heterocycles. The van der Waals surface area contributed by atoms with Gasteiger partial charge in [-0.3, -0.25) is 9.80 Å². The van der Waals surface area contributed by atoms with Crippen molar-refractivity contribution in [2.24, 2.45) is 0 Å². The van der Waals surface area contributed by atoms with E-state index in [0.29, 0.717) is 5.54 Å². The third kappa shape index (κ3) is 2.53. The van der Waals surface area contributed by atoms with E-state index in [2.05, 4.69) is 23.6 Å². The Morgan fingerprint density at radius 1 is 0.909 bits per heavy atom. The Labute approximate surface area is 136 Å². The van der Waals surface area contributed by atoms with Crippen molar-refractivity contribution in [3.05, 3.63) is 0 Å². The van der Waals surface area contributed by atoms with Crippen LogP contribution in [0.25, 0.3) is 0 Å². The second-order valence-corrected chi connectivity index (χ2v) is 8.69. The minimum atomic E-state index is 0.269. The highest BCUT2D eigenvalue weighted by Gasteiger charge is 2.49. The van der Waals surface area contributed by atoms with Gasteiger partial charge in [0.05, 0.1) is 5.60 Å². The molecular formula is C19H34N2O. The highest BCUT2D eigenvalue weighted by atomic mass is 16.5. The Hall–Kier alpha value is -0.120. The third-order valence-corrected chi connectivity index (χ3v) is 7.29. The molecule has 3 saturated heterocycles. The lowest BCUT2D eigenvalue weighted by Crippen LogP contribution is -2.64. The molecular weight excluding hydrogens is 272 g/mol. The van der Waals surface area contributed by atoms with Gasteiger partial charge in [0.2, 0.25) is 0 Å². The second kappa shape index (κ2) is 5.75. The van der Waals surface area contributed by atoms with Crippen molar-refractivity contribution in [2.45, 2.75) is 94.9 Å². The highest BCUT2D eigenvalue weighted by molar-refractivity contribution is 5.05. The lowest BCUT2D eigenvalue weighted by Gasteiger charge is -2.55. The zero-order valence-electron chi connectivity index (χ0n) is 14.6. The monoisotopic (exact) mass is 306 g/mol. The number of nitrogens with zero attached hydrogens (tertiary/aromatic N) is 2. The molecule has 4 rings (SSSR count). The summed E-state index contributed by atoms with van der Waals surface area (Å²) in [5.74, 6) is 0. The van der Waals surface area contributed by atoms with Crippen LogP contribution in [0.3, 0.4) is 0 Å². The molecule has 0 amide bonds. The molecule has 4 aliphatic rings. The normalized spacial score (nSPS) is 33.0. The largest absolute Gasteiger partial charge is 0.372 e. The molecule has 0 aromatic heterocycles. The SMILES string of the molecule is CC(CCC(C)N1CCC12CCCC2)N1CC2(CCCO2)C1. The maximum atomic E-state index is 5.96. The first-order valence-electron chi connectivity index (χ1n) is 9.77. The molecule has 0 aromatic rings. The van der Waals surface area contributed by atoms with Crippen LogP contribution in [0.2, 0.25) is 0 Å². The summed E-state index contributed by atoms with van der Waals surface area (Å²) in [4.78, 5) is 5.50.